The Morgan fingerprint density at radius 3 is 2.42 bits per heavy atom. The molecule has 0 aliphatic heterocycles. The summed E-state index contributed by atoms with van der Waals surface area (Å²) in [6.07, 6.45) is 3.46. The lowest BCUT2D eigenvalue weighted by Gasteiger charge is -2.31. The maximum absolute atomic E-state index is 13.2. The molecule has 0 heterocycles. The molecular weight excluding hydrogens is 311 g/mol. The molecule has 1 fully saturated rings. The van der Waals surface area contributed by atoms with Crippen LogP contribution in [-0.2, 0) is 5.54 Å². The smallest absolute Gasteiger partial charge is 0.270 e. The molecule has 2 aromatic rings. The third-order valence-corrected chi connectivity index (χ3v) is 4.53. The normalized spacial score (nSPS) is 15.9. The van der Waals surface area contributed by atoms with Crippen LogP contribution in [0, 0.1) is 15.9 Å². The van der Waals surface area contributed by atoms with Crippen LogP contribution in [0.25, 0.3) is 0 Å². The number of amides is 1. The summed E-state index contributed by atoms with van der Waals surface area (Å²) in [4.78, 5) is 23.0. The minimum Gasteiger partial charge on any atom is -0.343 e. The van der Waals surface area contributed by atoms with Crippen molar-refractivity contribution in [2.75, 3.05) is 0 Å². The summed E-state index contributed by atoms with van der Waals surface area (Å²) >= 11 is 0. The molecule has 1 amide bonds. The van der Waals surface area contributed by atoms with Crippen molar-refractivity contribution in [1.29, 1.82) is 0 Å². The van der Waals surface area contributed by atoms with Crippen molar-refractivity contribution in [3.8, 4) is 0 Å². The maximum atomic E-state index is 13.2. The average molecular weight is 328 g/mol. The molecule has 24 heavy (non-hydrogen) atoms. The van der Waals surface area contributed by atoms with Crippen molar-refractivity contribution in [1.82, 2.24) is 5.32 Å². The van der Waals surface area contributed by atoms with Crippen molar-refractivity contribution in [3.05, 3.63) is 75.6 Å². The van der Waals surface area contributed by atoms with E-state index in [2.05, 4.69) is 5.32 Å². The van der Waals surface area contributed by atoms with E-state index in [1.54, 1.807) is 18.2 Å². The number of nitro groups is 1. The van der Waals surface area contributed by atoms with Crippen LogP contribution in [0.4, 0.5) is 10.1 Å². The number of hydrogen-bond donors (Lipinski definition) is 1. The van der Waals surface area contributed by atoms with E-state index >= 15 is 0 Å². The largest absolute Gasteiger partial charge is 0.343 e. The van der Waals surface area contributed by atoms with Crippen molar-refractivity contribution < 1.29 is 14.1 Å². The molecule has 0 unspecified atom stereocenters. The van der Waals surface area contributed by atoms with Crippen LogP contribution >= 0.6 is 0 Å². The fourth-order valence-electron chi connectivity index (χ4n) is 3.28. The Kier molecular flexibility index (Phi) is 4.29. The summed E-state index contributed by atoms with van der Waals surface area (Å²) in [5.74, 6) is -0.679. The van der Waals surface area contributed by atoms with Gasteiger partial charge < -0.3 is 5.32 Å². The molecular formula is C18H17FN2O3. The third-order valence-electron chi connectivity index (χ3n) is 4.53. The highest BCUT2D eigenvalue weighted by Crippen LogP contribution is 2.39. The van der Waals surface area contributed by atoms with E-state index in [0.717, 1.165) is 31.2 Å². The highest BCUT2D eigenvalue weighted by molar-refractivity contribution is 5.95. The van der Waals surface area contributed by atoms with Gasteiger partial charge in [-0.15, -0.1) is 0 Å². The fraction of sp³-hybridized carbons (Fsp3) is 0.278. The average Bonchev–Trinajstić information content (AvgIpc) is 3.05. The summed E-state index contributed by atoms with van der Waals surface area (Å²) in [5, 5.41) is 13.9. The molecule has 0 atom stereocenters. The molecule has 0 saturated heterocycles. The number of rotatable bonds is 4. The molecule has 1 N–H and O–H groups in total. The SMILES string of the molecule is O=C(NC1(c2ccc(F)cc2)CCCC1)c1cccc([N+](=O)[O-])c1. The monoisotopic (exact) mass is 328 g/mol. The van der Waals surface area contributed by atoms with Gasteiger partial charge in [-0.05, 0) is 36.6 Å². The molecule has 124 valence electrons. The van der Waals surface area contributed by atoms with Gasteiger partial charge in [-0.25, -0.2) is 4.39 Å². The quantitative estimate of drug-likeness (QED) is 0.682. The van der Waals surface area contributed by atoms with E-state index in [1.807, 2.05) is 0 Å². The molecule has 6 heteroatoms. The number of nitro benzene ring substituents is 1. The second kappa shape index (κ2) is 6.39. The fourth-order valence-corrected chi connectivity index (χ4v) is 3.28. The molecule has 5 nitrogen and oxygen atoms in total. The van der Waals surface area contributed by atoms with E-state index < -0.39 is 10.5 Å². The van der Waals surface area contributed by atoms with Gasteiger partial charge in [0.05, 0.1) is 10.5 Å². The lowest BCUT2D eigenvalue weighted by molar-refractivity contribution is -0.384. The van der Waals surface area contributed by atoms with Crippen LogP contribution in [0.5, 0.6) is 0 Å². The lowest BCUT2D eigenvalue weighted by Crippen LogP contribution is -2.43. The summed E-state index contributed by atoms with van der Waals surface area (Å²) < 4.78 is 13.2. The van der Waals surface area contributed by atoms with Gasteiger partial charge >= 0.3 is 0 Å². The second-order valence-corrected chi connectivity index (χ2v) is 6.06. The number of carbonyl (C=O) groups is 1. The van der Waals surface area contributed by atoms with Gasteiger partial charge in [-0.1, -0.05) is 31.0 Å². The Labute approximate surface area is 138 Å². The number of halogens is 1. The van der Waals surface area contributed by atoms with Crippen LogP contribution < -0.4 is 5.32 Å². The van der Waals surface area contributed by atoms with E-state index in [4.69, 9.17) is 0 Å². The first-order chi connectivity index (χ1) is 11.5. The topological polar surface area (TPSA) is 72.2 Å². The van der Waals surface area contributed by atoms with Crippen molar-refractivity contribution >= 4 is 11.6 Å². The molecule has 1 aliphatic rings. The van der Waals surface area contributed by atoms with Crippen molar-refractivity contribution in [3.63, 3.8) is 0 Å². The summed E-state index contributed by atoms with van der Waals surface area (Å²) in [6.45, 7) is 0. The Morgan fingerprint density at radius 1 is 1.12 bits per heavy atom. The molecule has 3 rings (SSSR count). The predicted octanol–water partition coefficient (Wildman–Crippen LogP) is 3.93. The highest BCUT2D eigenvalue weighted by atomic mass is 19.1. The van der Waals surface area contributed by atoms with Gasteiger partial charge in [0.15, 0.2) is 0 Å². The minimum atomic E-state index is -0.546. The first-order valence-corrected chi connectivity index (χ1v) is 7.83. The first kappa shape index (κ1) is 16.1. The van der Waals surface area contributed by atoms with E-state index in [-0.39, 0.29) is 23.0 Å². The maximum Gasteiger partial charge on any atom is 0.270 e. The molecule has 0 bridgehead atoms. The van der Waals surface area contributed by atoms with Gasteiger partial charge in [0, 0.05) is 17.7 Å². The van der Waals surface area contributed by atoms with Gasteiger partial charge in [0.25, 0.3) is 11.6 Å². The molecule has 0 radical (unpaired) electrons. The standard InChI is InChI=1S/C18H17FN2O3/c19-15-8-6-14(7-9-15)18(10-1-2-11-18)20-17(22)13-4-3-5-16(12-13)21(23)24/h3-9,12H,1-2,10-11H2,(H,20,22). The van der Waals surface area contributed by atoms with E-state index in [0.29, 0.717) is 0 Å². The zero-order valence-electron chi connectivity index (χ0n) is 13.0. The van der Waals surface area contributed by atoms with Crippen LogP contribution in [0.3, 0.4) is 0 Å². The highest BCUT2D eigenvalue weighted by Gasteiger charge is 2.37. The Morgan fingerprint density at radius 2 is 1.79 bits per heavy atom. The van der Waals surface area contributed by atoms with E-state index in [9.17, 15) is 19.3 Å². The Balaban J connectivity index is 1.88. The molecule has 2 aromatic carbocycles. The molecule has 0 aromatic heterocycles. The van der Waals surface area contributed by atoms with Gasteiger partial charge in [0.2, 0.25) is 0 Å². The third kappa shape index (κ3) is 3.13. The number of nitrogens with one attached hydrogen (secondary N) is 1. The van der Waals surface area contributed by atoms with Crippen LogP contribution in [-0.4, -0.2) is 10.8 Å². The molecule has 0 spiro atoms. The van der Waals surface area contributed by atoms with Crippen molar-refractivity contribution in [2.45, 2.75) is 31.2 Å². The van der Waals surface area contributed by atoms with Crippen LogP contribution in [0.15, 0.2) is 48.5 Å². The number of hydrogen-bond acceptors (Lipinski definition) is 3. The first-order valence-electron chi connectivity index (χ1n) is 7.83. The minimum absolute atomic E-state index is 0.120. The van der Waals surface area contributed by atoms with E-state index in [1.165, 1.54) is 30.3 Å². The van der Waals surface area contributed by atoms with Crippen LogP contribution in [0.1, 0.15) is 41.6 Å². The van der Waals surface area contributed by atoms with Gasteiger partial charge in [0.1, 0.15) is 5.82 Å². The number of non-ortho nitro benzene ring substituents is 1. The van der Waals surface area contributed by atoms with Crippen LogP contribution in [0.2, 0.25) is 0 Å². The molecule has 1 saturated carbocycles. The number of benzene rings is 2. The number of carbonyl (C=O) groups excluding carboxylic acids is 1. The Bertz CT molecular complexity index is 768. The summed E-state index contributed by atoms with van der Waals surface area (Å²) in [7, 11) is 0. The number of nitrogens with zero attached hydrogens (tertiary/aromatic N) is 1. The Hall–Kier alpha value is -2.76. The zero-order chi connectivity index (χ0) is 17.2. The lowest BCUT2D eigenvalue weighted by atomic mass is 9.87. The predicted molar refractivity (Wildman–Crippen MR) is 87.1 cm³/mol. The van der Waals surface area contributed by atoms with Gasteiger partial charge in [-0.2, -0.15) is 0 Å². The summed E-state index contributed by atoms with van der Waals surface area (Å²) in [6, 6.07) is 11.8. The molecule has 1 aliphatic carbocycles. The summed E-state index contributed by atoms with van der Waals surface area (Å²) in [5.41, 5.74) is 0.442. The van der Waals surface area contributed by atoms with Gasteiger partial charge in [-0.3, -0.25) is 14.9 Å². The van der Waals surface area contributed by atoms with Crippen molar-refractivity contribution in [2.24, 2.45) is 0 Å². The zero-order valence-corrected chi connectivity index (χ0v) is 13.0. The second-order valence-electron chi connectivity index (χ2n) is 6.06.